The molecule has 3 aromatic rings. The van der Waals surface area contributed by atoms with Crippen LogP contribution >= 0.6 is 11.6 Å². The fourth-order valence-electron chi connectivity index (χ4n) is 5.60. The van der Waals surface area contributed by atoms with Crippen LogP contribution in [0.2, 0.25) is 5.02 Å². The van der Waals surface area contributed by atoms with Crippen molar-refractivity contribution in [2.24, 2.45) is 11.3 Å². The number of ether oxygens (including phenoxy) is 1. The van der Waals surface area contributed by atoms with Crippen molar-refractivity contribution in [2.75, 3.05) is 23.8 Å². The van der Waals surface area contributed by atoms with E-state index < -0.39 is 24.3 Å². The Labute approximate surface area is 253 Å². The first-order chi connectivity index (χ1) is 20.3. The van der Waals surface area contributed by atoms with Crippen molar-refractivity contribution in [3.8, 4) is 6.01 Å². The van der Waals surface area contributed by atoms with Gasteiger partial charge in [-0.05, 0) is 85.9 Å². The van der Waals surface area contributed by atoms with Crippen molar-refractivity contribution in [1.29, 1.82) is 0 Å². The number of carbonyl (C=O) groups is 1. The molecule has 0 spiro atoms. The molecule has 0 saturated heterocycles. The van der Waals surface area contributed by atoms with Gasteiger partial charge in [-0.25, -0.2) is 0 Å². The number of amides is 1. The first kappa shape index (κ1) is 30.6. The van der Waals surface area contributed by atoms with Crippen molar-refractivity contribution in [3.05, 3.63) is 76.3 Å². The average Bonchev–Trinajstić information content (AvgIpc) is 3.72. The third-order valence-electron chi connectivity index (χ3n) is 7.88. The molecular weight excluding hydrogens is 581 g/mol. The molecule has 1 aromatic heterocycles. The number of alkyl halides is 3. The summed E-state index contributed by atoms with van der Waals surface area (Å²) < 4.78 is 43.4. The van der Waals surface area contributed by atoms with Crippen molar-refractivity contribution in [3.63, 3.8) is 0 Å². The van der Waals surface area contributed by atoms with E-state index in [1.165, 1.54) is 5.57 Å². The molecule has 0 bridgehead atoms. The molecule has 1 amide bonds. The molecule has 0 radical (unpaired) electrons. The maximum atomic E-state index is 12.9. The monoisotopic (exact) mass is 614 g/mol. The van der Waals surface area contributed by atoms with Gasteiger partial charge in [0.15, 0.2) is 6.61 Å². The van der Waals surface area contributed by atoms with Crippen LogP contribution in [-0.2, 0) is 5.54 Å². The Kier molecular flexibility index (Phi) is 8.56. The second kappa shape index (κ2) is 12.0. The molecule has 12 heteroatoms. The van der Waals surface area contributed by atoms with Crippen LogP contribution in [-0.4, -0.2) is 40.2 Å². The van der Waals surface area contributed by atoms with Gasteiger partial charge in [-0.3, -0.25) is 4.79 Å². The lowest BCUT2D eigenvalue weighted by molar-refractivity contribution is -0.154. The maximum Gasteiger partial charge on any atom is 0.422 e. The molecule has 1 heterocycles. The minimum absolute atomic E-state index is 0.0120. The Morgan fingerprint density at radius 3 is 2.30 bits per heavy atom. The van der Waals surface area contributed by atoms with Crippen LogP contribution in [0.5, 0.6) is 6.01 Å². The van der Waals surface area contributed by atoms with Crippen LogP contribution in [0.25, 0.3) is 0 Å². The van der Waals surface area contributed by atoms with Crippen LogP contribution in [0.3, 0.4) is 0 Å². The van der Waals surface area contributed by atoms with E-state index in [2.05, 4.69) is 57.7 Å². The SMILES string of the molecule is CC1=CC(C)(C)C1CCCNC(=O)c1ccc(Nc2nc(NC3(c4ccc(Cl)cc4)CC3)nc(OCC(F)(F)F)n2)cc1. The topological polar surface area (TPSA) is 101 Å². The molecule has 5 rings (SSSR count). The Bertz CT molecular complexity index is 1490. The highest BCUT2D eigenvalue weighted by atomic mass is 35.5. The zero-order chi connectivity index (χ0) is 30.8. The molecular formula is C31H34ClF3N6O2. The van der Waals surface area contributed by atoms with Crippen LogP contribution in [0.4, 0.5) is 30.8 Å². The third-order valence-corrected chi connectivity index (χ3v) is 8.14. The first-order valence-electron chi connectivity index (χ1n) is 14.2. The molecule has 1 fully saturated rings. The standard InChI is InChI=1S/C31H34ClF3N6O2/c1-19-17-29(2,3)24(19)5-4-16-36-25(42)20-6-12-23(13-7-20)37-26-38-27(40-28(39-26)43-18-31(33,34)35)41-30(14-15-30)21-8-10-22(32)11-9-21/h6-13,17,24H,4-5,14-16,18H2,1-3H3,(H,36,42)(H2,37,38,39,40,41). The Balaban J connectivity index is 1.23. The number of halogens is 4. The lowest BCUT2D eigenvalue weighted by Crippen LogP contribution is -2.33. The smallest absolute Gasteiger partial charge is 0.422 e. The molecule has 2 aromatic carbocycles. The molecule has 2 aliphatic rings. The number of hydrogen-bond acceptors (Lipinski definition) is 7. The molecule has 1 saturated carbocycles. The summed E-state index contributed by atoms with van der Waals surface area (Å²) in [4.78, 5) is 25.1. The van der Waals surface area contributed by atoms with E-state index in [4.69, 9.17) is 16.3 Å². The maximum absolute atomic E-state index is 12.9. The van der Waals surface area contributed by atoms with Gasteiger partial charge >= 0.3 is 12.2 Å². The summed E-state index contributed by atoms with van der Waals surface area (Å²) in [6.45, 7) is 5.65. The van der Waals surface area contributed by atoms with Crippen LogP contribution in [0, 0.1) is 11.3 Å². The quantitative estimate of drug-likeness (QED) is 0.144. The summed E-state index contributed by atoms with van der Waals surface area (Å²) in [6, 6.07) is 13.5. The second-order valence-corrected chi connectivity index (χ2v) is 12.2. The van der Waals surface area contributed by atoms with E-state index in [0.29, 0.717) is 28.7 Å². The van der Waals surface area contributed by atoms with Crippen LogP contribution in [0.1, 0.15) is 62.4 Å². The normalized spacial score (nSPS) is 18.2. The van der Waals surface area contributed by atoms with E-state index in [0.717, 1.165) is 31.2 Å². The third kappa shape index (κ3) is 7.76. The first-order valence-corrected chi connectivity index (χ1v) is 14.5. The molecule has 43 heavy (non-hydrogen) atoms. The summed E-state index contributed by atoms with van der Waals surface area (Å²) >= 11 is 6.02. The highest BCUT2D eigenvalue weighted by Crippen LogP contribution is 2.48. The van der Waals surface area contributed by atoms with Crippen LogP contribution in [0.15, 0.2) is 60.2 Å². The number of nitrogens with zero attached hydrogens (tertiary/aromatic N) is 3. The lowest BCUT2D eigenvalue weighted by atomic mass is 9.63. The molecule has 8 nitrogen and oxygen atoms in total. The number of nitrogens with one attached hydrogen (secondary N) is 3. The van der Waals surface area contributed by atoms with E-state index in [1.54, 1.807) is 36.4 Å². The van der Waals surface area contributed by atoms with Crippen molar-refractivity contribution in [1.82, 2.24) is 20.3 Å². The van der Waals surface area contributed by atoms with E-state index >= 15 is 0 Å². The van der Waals surface area contributed by atoms with Gasteiger partial charge in [0, 0.05) is 22.8 Å². The Morgan fingerprint density at radius 2 is 1.70 bits per heavy atom. The van der Waals surface area contributed by atoms with E-state index in [1.807, 2.05) is 12.1 Å². The van der Waals surface area contributed by atoms with Gasteiger partial charge in [0.05, 0.1) is 5.54 Å². The van der Waals surface area contributed by atoms with Gasteiger partial charge < -0.3 is 20.7 Å². The number of allylic oxidation sites excluding steroid dienone is 2. The van der Waals surface area contributed by atoms with E-state index in [-0.39, 0.29) is 23.2 Å². The van der Waals surface area contributed by atoms with Gasteiger partial charge in [-0.2, -0.15) is 28.1 Å². The Hall–Kier alpha value is -3.86. The number of anilines is 3. The van der Waals surface area contributed by atoms with Crippen molar-refractivity contribution >= 4 is 35.1 Å². The molecule has 3 N–H and O–H groups in total. The fraction of sp³-hybridized carbons (Fsp3) is 0.419. The molecule has 1 atom stereocenters. The Morgan fingerprint density at radius 1 is 1.02 bits per heavy atom. The zero-order valence-corrected chi connectivity index (χ0v) is 24.9. The predicted molar refractivity (Wildman–Crippen MR) is 160 cm³/mol. The summed E-state index contributed by atoms with van der Waals surface area (Å²) in [5.74, 6) is 0.418. The zero-order valence-electron chi connectivity index (χ0n) is 24.2. The number of rotatable bonds is 12. The predicted octanol–water partition coefficient (Wildman–Crippen LogP) is 7.42. The van der Waals surface area contributed by atoms with Gasteiger partial charge in [0.1, 0.15) is 0 Å². The molecule has 2 aliphatic carbocycles. The summed E-state index contributed by atoms with van der Waals surface area (Å²) in [5, 5.41) is 9.77. The van der Waals surface area contributed by atoms with Crippen LogP contribution < -0.4 is 20.7 Å². The van der Waals surface area contributed by atoms with Gasteiger partial charge in [-0.15, -0.1) is 0 Å². The summed E-state index contributed by atoms with van der Waals surface area (Å²) in [6.07, 6.45) is 1.20. The second-order valence-electron chi connectivity index (χ2n) is 11.7. The minimum atomic E-state index is -4.56. The number of carbonyl (C=O) groups excluding carboxylic acids is 1. The largest absolute Gasteiger partial charge is 0.454 e. The number of hydrogen-bond donors (Lipinski definition) is 3. The molecule has 0 aliphatic heterocycles. The molecule has 1 unspecified atom stereocenters. The van der Waals surface area contributed by atoms with Gasteiger partial charge in [0.25, 0.3) is 5.91 Å². The fourth-order valence-corrected chi connectivity index (χ4v) is 5.72. The highest BCUT2D eigenvalue weighted by Gasteiger charge is 2.45. The highest BCUT2D eigenvalue weighted by molar-refractivity contribution is 6.30. The van der Waals surface area contributed by atoms with E-state index in [9.17, 15) is 18.0 Å². The number of aromatic nitrogens is 3. The minimum Gasteiger partial charge on any atom is -0.454 e. The summed E-state index contributed by atoms with van der Waals surface area (Å²) in [5.41, 5.74) is 3.13. The van der Waals surface area contributed by atoms with Crippen molar-refractivity contribution < 1.29 is 22.7 Å². The van der Waals surface area contributed by atoms with Crippen molar-refractivity contribution in [2.45, 2.75) is 58.2 Å². The number of benzene rings is 2. The lowest BCUT2D eigenvalue weighted by Gasteiger charge is -2.42. The van der Waals surface area contributed by atoms with Gasteiger partial charge in [-0.1, -0.05) is 49.2 Å². The average molecular weight is 615 g/mol. The van der Waals surface area contributed by atoms with Gasteiger partial charge in [0.2, 0.25) is 11.9 Å². The summed E-state index contributed by atoms with van der Waals surface area (Å²) in [7, 11) is 0. The molecule has 228 valence electrons.